The summed E-state index contributed by atoms with van der Waals surface area (Å²) >= 11 is 0. The summed E-state index contributed by atoms with van der Waals surface area (Å²) in [5.41, 5.74) is 0.795. The van der Waals surface area contributed by atoms with E-state index in [2.05, 4.69) is 25.9 Å². The minimum Gasteiger partial charge on any atom is -0.351 e. The average Bonchev–Trinajstić information content (AvgIpc) is 3.49. The Morgan fingerprint density at radius 2 is 1.89 bits per heavy atom. The molecule has 0 unspecified atom stereocenters. The molecule has 0 saturated heterocycles. The summed E-state index contributed by atoms with van der Waals surface area (Å²) in [5, 5.41) is 29.3. The van der Waals surface area contributed by atoms with Crippen LogP contribution in [0.3, 0.4) is 0 Å². The van der Waals surface area contributed by atoms with Crippen molar-refractivity contribution in [2.75, 3.05) is 6.54 Å². The highest BCUT2D eigenvalue weighted by Crippen LogP contribution is 2.26. The molecule has 2 aromatic carbocycles. The van der Waals surface area contributed by atoms with E-state index in [9.17, 15) is 23.7 Å². The Hall–Kier alpha value is -4.55. The van der Waals surface area contributed by atoms with E-state index in [1.165, 1.54) is 10.7 Å². The van der Waals surface area contributed by atoms with Crippen LogP contribution in [0.4, 0.5) is 14.5 Å². The molecule has 180 valence electrons. The average molecular weight is 482 g/mol. The number of nitro benzene ring substituents is 1. The zero-order chi connectivity index (χ0) is 24.9. The molecule has 0 radical (unpaired) electrons. The van der Waals surface area contributed by atoms with E-state index < -0.39 is 28.6 Å². The molecule has 11 nitrogen and oxygen atoms in total. The van der Waals surface area contributed by atoms with Crippen molar-refractivity contribution in [2.45, 2.75) is 26.2 Å². The van der Waals surface area contributed by atoms with Crippen molar-refractivity contribution in [1.82, 2.24) is 35.3 Å². The minimum atomic E-state index is -2.95. The Bertz CT molecular complexity index is 1350. The molecule has 0 atom stereocenters. The van der Waals surface area contributed by atoms with Gasteiger partial charge in [0.1, 0.15) is 11.4 Å². The van der Waals surface area contributed by atoms with Crippen molar-refractivity contribution in [3.8, 4) is 11.4 Å². The summed E-state index contributed by atoms with van der Waals surface area (Å²) in [6.07, 6.45) is -0.543. The maximum atomic E-state index is 13.7. The van der Waals surface area contributed by atoms with Gasteiger partial charge in [-0.15, -0.1) is 10.2 Å². The molecule has 1 amide bonds. The Morgan fingerprint density at radius 3 is 2.60 bits per heavy atom. The number of halogens is 2. The molecule has 0 fully saturated rings. The van der Waals surface area contributed by atoms with Crippen molar-refractivity contribution >= 4 is 11.6 Å². The Morgan fingerprint density at radius 1 is 1.11 bits per heavy atom. The first-order chi connectivity index (χ1) is 16.9. The lowest BCUT2D eigenvalue weighted by molar-refractivity contribution is -0.384. The van der Waals surface area contributed by atoms with Crippen LogP contribution in [0, 0.1) is 17.0 Å². The molecule has 1 N–H and O–H groups in total. The second-order valence-electron chi connectivity index (χ2n) is 7.58. The molecule has 0 saturated carbocycles. The molecule has 13 heteroatoms. The number of nitro groups is 1. The van der Waals surface area contributed by atoms with Crippen LogP contribution in [-0.2, 0) is 6.42 Å². The van der Waals surface area contributed by atoms with Gasteiger partial charge < -0.3 is 5.32 Å². The van der Waals surface area contributed by atoms with Gasteiger partial charge in [0, 0.05) is 12.6 Å². The van der Waals surface area contributed by atoms with Gasteiger partial charge in [0.15, 0.2) is 5.69 Å². The number of aromatic nitrogens is 6. The van der Waals surface area contributed by atoms with Gasteiger partial charge in [-0.2, -0.15) is 0 Å². The zero-order valence-corrected chi connectivity index (χ0v) is 18.5. The van der Waals surface area contributed by atoms with Gasteiger partial charge in [-0.3, -0.25) is 14.9 Å². The number of rotatable bonds is 9. The molecule has 2 aromatic heterocycles. The summed E-state index contributed by atoms with van der Waals surface area (Å²) in [6.45, 7) is 1.90. The minimum absolute atomic E-state index is 0.0907. The molecule has 0 bridgehead atoms. The fourth-order valence-electron chi connectivity index (χ4n) is 3.57. The van der Waals surface area contributed by atoms with Crippen LogP contribution in [-0.4, -0.2) is 47.4 Å². The number of carbonyl (C=O) groups is 1. The van der Waals surface area contributed by atoms with Gasteiger partial charge in [0.2, 0.25) is 0 Å². The highest BCUT2D eigenvalue weighted by molar-refractivity contribution is 5.93. The predicted molar refractivity (Wildman–Crippen MR) is 120 cm³/mol. The van der Waals surface area contributed by atoms with E-state index in [1.54, 1.807) is 55.6 Å². The lowest BCUT2D eigenvalue weighted by Crippen LogP contribution is -2.26. The van der Waals surface area contributed by atoms with Crippen molar-refractivity contribution in [2.24, 2.45) is 0 Å². The molecule has 2 heterocycles. The zero-order valence-electron chi connectivity index (χ0n) is 18.5. The number of carbonyl (C=O) groups excluding carboxylic acids is 1. The Kier molecular flexibility index (Phi) is 6.85. The van der Waals surface area contributed by atoms with E-state index >= 15 is 0 Å². The van der Waals surface area contributed by atoms with Crippen molar-refractivity contribution in [1.29, 1.82) is 0 Å². The number of benzene rings is 2. The summed E-state index contributed by atoms with van der Waals surface area (Å²) in [5.74, 6) is -0.762. The highest BCUT2D eigenvalue weighted by atomic mass is 19.3. The van der Waals surface area contributed by atoms with Crippen molar-refractivity contribution < 1.29 is 18.5 Å². The van der Waals surface area contributed by atoms with E-state index in [4.69, 9.17) is 0 Å². The van der Waals surface area contributed by atoms with Gasteiger partial charge in [-0.25, -0.2) is 18.1 Å². The lowest BCUT2D eigenvalue weighted by Gasteiger charge is -2.07. The van der Waals surface area contributed by atoms with E-state index in [0.717, 1.165) is 4.68 Å². The highest BCUT2D eigenvalue weighted by Gasteiger charge is 2.27. The normalized spacial score (nSPS) is 11.1. The third kappa shape index (κ3) is 5.03. The Labute approximate surface area is 197 Å². The SMILES string of the molecule is Cc1cccc([N+](=O)[O-])c1-n1cc(CCCNC(=O)c2nnn(-c3ccccc3)c2C(F)F)nn1. The van der Waals surface area contributed by atoms with Crippen LogP contribution in [0.1, 0.15) is 40.3 Å². The molecule has 0 aliphatic carbocycles. The van der Waals surface area contributed by atoms with Gasteiger partial charge in [0.25, 0.3) is 18.0 Å². The third-order valence-corrected chi connectivity index (χ3v) is 5.21. The predicted octanol–water partition coefficient (Wildman–Crippen LogP) is 3.36. The second-order valence-corrected chi connectivity index (χ2v) is 7.58. The number of nitrogens with zero attached hydrogens (tertiary/aromatic N) is 7. The monoisotopic (exact) mass is 482 g/mol. The Balaban J connectivity index is 1.39. The quantitative estimate of drug-likeness (QED) is 0.220. The van der Waals surface area contributed by atoms with E-state index in [0.29, 0.717) is 35.5 Å². The van der Waals surface area contributed by atoms with Crippen LogP contribution in [0.2, 0.25) is 0 Å². The summed E-state index contributed by atoms with van der Waals surface area (Å²) in [4.78, 5) is 23.4. The molecule has 0 aliphatic heterocycles. The summed E-state index contributed by atoms with van der Waals surface area (Å²) < 4.78 is 29.7. The largest absolute Gasteiger partial charge is 0.351 e. The molecule has 0 spiro atoms. The van der Waals surface area contributed by atoms with Crippen LogP contribution in [0.5, 0.6) is 0 Å². The fourth-order valence-corrected chi connectivity index (χ4v) is 3.57. The number of amides is 1. The molecule has 0 aliphatic rings. The van der Waals surface area contributed by atoms with Crippen molar-refractivity contribution in [3.63, 3.8) is 0 Å². The topological polar surface area (TPSA) is 134 Å². The molecule has 4 aromatic rings. The summed E-state index contributed by atoms with van der Waals surface area (Å²) in [7, 11) is 0. The van der Waals surface area contributed by atoms with Crippen LogP contribution < -0.4 is 5.32 Å². The van der Waals surface area contributed by atoms with Gasteiger partial charge in [0.05, 0.1) is 22.5 Å². The van der Waals surface area contributed by atoms with Crippen LogP contribution >= 0.6 is 0 Å². The number of para-hydroxylation sites is 2. The first-order valence-corrected chi connectivity index (χ1v) is 10.6. The third-order valence-electron chi connectivity index (χ3n) is 5.21. The summed E-state index contributed by atoms with van der Waals surface area (Å²) in [6, 6.07) is 13.0. The number of aryl methyl sites for hydroxylation is 2. The standard InChI is InChI=1S/C22H20F2N8O3/c1-14-7-5-11-17(32(34)35)19(14)30-13-15(26-28-30)8-6-12-25-22(33)18-20(21(23)24)31(29-27-18)16-9-3-2-4-10-16/h2-5,7,9-11,13,21H,6,8,12H2,1H3,(H,25,33). The van der Waals surface area contributed by atoms with E-state index in [1.807, 2.05) is 0 Å². The first-order valence-electron chi connectivity index (χ1n) is 10.6. The van der Waals surface area contributed by atoms with Crippen LogP contribution in [0.15, 0.2) is 54.7 Å². The smallest absolute Gasteiger partial charge is 0.295 e. The fraction of sp³-hybridized carbons (Fsp3) is 0.227. The van der Waals surface area contributed by atoms with Crippen molar-refractivity contribution in [3.05, 3.63) is 87.5 Å². The van der Waals surface area contributed by atoms with Crippen LogP contribution in [0.25, 0.3) is 11.4 Å². The number of alkyl halides is 2. The first kappa shape index (κ1) is 23.6. The maximum absolute atomic E-state index is 13.7. The molecule has 4 rings (SSSR count). The van der Waals surface area contributed by atoms with Gasteiger partial charge >= 0.3 is 0 Å². The maximum Gasteiger partial charge on any atom is 0.295 e. The van der Waals surface area contributed by atoms with Gasteiger partial charge in [-0.1, -0.05) is 40.8 Å². The van der Waals surface area contributed by atoms with E-state index in [-0.39, 0.29) is 12.2 Å². The molecular weight excluding hydrogens is 462 g/mol. The molecular formula is C22H20F2N8O3. The second kappa shape index (κ2) is 10.2. The van der Waals surface area contributed by atoms with Gasteiger partial charge in [-0.05, 0) is 37.5 Å². The number of nitrogens with one attached hydrogen (secondary N) is 1. The molecule has 35 heavy (non-hydrogen) atoms. The number of hydrogen-bond acceptors (Lipinski definition) is 7. The lowest BCUT2D eigenvalue weighted by atomic mass is 10.1. The number of hydrogen-bond donors (Lipinski definition) is 1.